The molecule has 4 unspecified atom stereocenters. The molecule has 0 aromatic heterocycles. The molecule has 6 heteroatoms. The molecular formula is C31H45ClN2O3. The smallest absolute Gasteiger partial charge is 0.322 e. The number of aliphatic carboxylic acids is 1. The van der Waals surface area contributed by atoms with Gasteiger partial charge in [0.15, 0.2) is 0 Å². The third kappa shape index (κ3) is 6.02. The van der Waals surface area contributed by atoms with Gasteiger partial charge in [-0.25, -0.2) is 4.79 Å². The number of amides is 2. The summed E-state index contributed by atoms with van der Waals surface area (Å²) in [6, 6.07) is 6.30. The van der Waals surface area contributed by atoms with Gasteiger partial charge in [0.1, 0.15) is 0 Å². The zero-order valence-electron chi connectivity index (χ0n) is 23.7. The fourth-order valence-corrected chi connectivity index (χ4v) is 7.14. The van der Waals surface area contributed by atoms with Gasteiger partial charge in [-0.05, 0) is 91.4 Å². The number of carbonyl (C=O) groups is 2. The van der Waals surface area contributed by atoms with Gasteiger partial charge in [0, 0.05) is 22.7 Å². The van der Waals surface area contributed by atoms with Crippen LogP contribution in [0.25, 0.3) is 0 Å². The molecule has 2 N–H and O–H groups in total. The number of carboxylic acid groups (broad SMARTS) is 1. The molecular weight excluding hydrogens is 484 g/mol. The second-order valence-corrected chi connectivity index (χ2v) is 14.6. The number of hydrogen-bond acceptors (Lipinski definition) is 2. The van der Waals surface area contributed by atoms with Crippen molar-refractivity contribution in [1.82, 2.24) is 10.2 Å². The minimum absolute atomic E-state index is 0.0312. The minimum atomic E-state index is -0.766. The van der Waals surface area contributed by atoms with E-state index in [2.05, 4.69) is 64.3 Å². The van der Waals surface area contributed by atoms with Crippen LogP contribution in [0.5, 0.6) is 0 Å². The van der Waals surface area contributed by atoms with Crippen LogP contribution in [0.1, 0.15) is 104 Å². The lowest BCUT2D eigenvalue weighted by molar-refractivity contribution is -0.142. The molecule has 1 heterocycles. The summed E-state index contributed by atoms with van der Waals surface area (Å²) < 4.78 is 0. The maximum Gasteiger partial charge on any atom is 0.322 e. The molecule has 1 aromatic carbocycles. The maximum atomic E-state index is 13.6. The summed E-state index contributed by atoms with van der Waals surface area (Å²) in [6.45, 7) is 15.4. The predicted octanol–water partition coefficient (Wildman–Crippen LogP) is 7.78. The quantitative estimate of drug-likeness (QED) is 0.410. The van der Waals surface area contributed by atoms with E-state index in [0.29, 0.717) is 12.8 Å². The molecule has 4 rings (SSSR count). The van der Waals surface area contributed by atoms with Gasteiger partial charge in [0.05, 0.1) is 12.0 Å². The van der Waals surface area contributed by atoms with Gasteiger partial charge >= 0.3 is 12.0 Å². The summed E-state index contributed by atoms with van der Waals surface area (Å²) in [6.07, 6.45) is 8.19. The van der Waals surface area contributed by atoms with Crippen molar-refractivity contribution in [3.63, 3.8) is 0 Å². The Morgan fingerprint density at radius 2 is 1.92 bits per heavy atom. The van der Waals surface area contributed by atoms with Crippen LogP contribution >= 0.6 is 11.6 Å². The lowest BCUT2D eigenvalue weighted by Gasteiger charge is -2.43. The van der Waals surface area contributed by atoms with Gasteiger partial charge < -0.3 is 10.4 Å². The highest BCUT2D eigenvalue weighted by atomic mass is 35.5. The normalized spacial score (nSPS) is 31.8. The lowest BCUT2D eigenvalue weighted by Crippen LogP contribution is -2.57. The van der Waals surface area contributed by atoms with Crippen molar-refractivity contribution in [3.05, 3.63) is 46.1 Å². The van der Waals surface area contributed by atoms with Gasteiger partial charge in [-0.1, -0.05) is 65.3 Å². The first-order valence-electron chi connectivity index (χ1n) is 13.9. The summed E-state index contributed by atoms with van der Waals surface area (Å²) in [5.41, 5.74) is 3.45. The molecule has 204 valence electrons. The Morgan fingerprint density at radius 1 is 1.22 bits per heavy atom. The zero-order chi connectivity index (χ0) is 27.3. The summed E-state index contributed by atoms with van der Waals surface area (Å²) in [7, 11) is 0. The fraction of sp³-hybridized carbons (Fsp3) is 0.677. The van der Waals surface area contributed by atoms with E-state index >= 15 is 0 Å². The highest BCUT2D eigenvalue weighted by molar-refractivity contribution is 6.31. The number of carbonyl (C=O) groups excluding carboxylic acids is 1. The SMILES string of the molecule is CC1CC(C)(N2C=C3CC(C)(C)CCC(c4ccc(CCC(C)(C)C)c(Cl)c4)C3NC2=O)C[C@@H]1C(=O)O. The molecule has 2 saturated carbocycles. The maximum absolute atomic E-state index is 13.6. The van der Waals surface area contributed by atoms with E-state index in [1.165, 1.54) is 16.7 Å². The third-order valence-corrected chi connectivity index (χ3v) is 9.42. The Kier molecular flexibility index (Phi) is 7.53. The van der Waals surface area contributed by atoms with Crippen LogP contribution < -0.4 is 5.32 Å². The van der Waals surface area contributed by atoms with Gasteiger partial charge in [0.25, 0.3) is 0 Å². The van der Waals surface area contributed by atoms with E-state index in [4.69, 9.17) is 11.6 Å². The van der Waals surface area contributed by atoms with Crippen LogP contribution in [0.4, 0.5) is 4.79 Å². The molecule has 0 bridgehead atoms. The second-order valence-electron chi connectivity index (χ2n) is 14.2. The topological polar surface area (TPSA) is 69.6 Å². The molecule has 5 atom stereocenters. The van der Waals surface area contributed by atoms with E-state index in [0.717, 1.165) is 37.1 Å². The van der Waals surface area contributed by atoms with Crippen LogP contribution in [-0.2, 0) is 11.2 Å². The number of halogens is 1. The molecule has 3 aliphatic rings. The molecule has 1 aliphatic heterocycles. The molecule has 0 radical (unpaired) electrons. The molecule has 2 amide bonds. The number of hydrogen-bond donors (Lipinski definition) is 2. The van der Waals surface area contributed by atoms with E-state index < -0.39 is 17.4 Å². The highest BCUT2D eigenvalue weighted by Gasteiger charge is 2.50. The largest absolute Gasteiger partial charge is 0.481 e. The fourth-order valence-electron chi connectivity index (χ4n) is 6.86. The second kappa shape index (κ2) is 9.94. The van der Waals surface area contributed by atoms with Crippen molar-refractivity contribution >= 4 is 23.6 Å². The van der Waals surface area contributed by atoms with Crippen molar-refractivity contribution in [1.29, 1.82) is 0 Å². The third-order valence-electron chi connectivity index (χ3n) is 9.07. The van der Waals surface area contributed by atoms with Crippen molar-refractivity contribution in [2.45, 2.75) is 111 Å². The van der Waals surface area contributed by atoms with Crippen LogP contribution in [0.2, 0.25) is 5.02 Å². The number of benzene rings is 1. The summed E-state index contributed by atoms with van der Waals surface area (Å²) in [4.78, 5) is 27.2. The monoisotopic (exact) mass is 528 g/mol. The Morgan fingerprint density at radius 3 is 2.51 bits per heavy atom. The van der Waals surface area contributed by atoms with Crippen LogP contribution in [0.3, 0.4) is 0 Å². The van der Waals surface area contributed by atoms with Gasteiger partial charge in [-0.2, -0.15) is 0 Å². The predicted molar refractivity (Wildman–Crippen MR) is 150 cm³/mol. The Bertz CT molecular complexity index is 1090. The standard InChI is InChI=1S/C31H45ClN2O3/c1-19-15-31(7,17-24(19)27(35)36)34-18-22-16-30(5,6)13-11-23(26(22)33-28(34)37)21-9-8-20(25(32)14-21)10-12-29(2,3)4/h8-9,14,18-19,23-24,26H,10-13,15-17H2,1-7H3,(H,33,37)(H,35,36)/t19?,23?,24-,26?,31?/m0/s1. The van der Waals surface area contributed by atoms with Gasteiger partial charge in [-0.3, -0.25) is 9.69 Å². The average molecular weight is 529 g/mol. The molecule has 37 heavy (non-hydrogen) atoms. The molecule has 1 aromatic rings. The summed E-state index contributed by atoms with van der Waals surface area (Å²) in [5, 5.41) is 13.9. The van der Waals surface area contributed by atoms with E-state index in [1.807, 2.05) is 18.7 Å². The number of carboxylic acids is 1. The minimum Gasteiger partial charge on any atom is -0.481 e. The first kappa shape index (κ1) is 28.0. The lowest BCUT2D eigenvalue weighted by atomic mass is 9.82. The molecule has 0 spiro atoms. The number of rotatable bonds is 5. The molecule has 2 fully saturated rings. The molecule has 2 aliphatic carbocycles. The van der Waals surface area contributed by atoms with Crippen molar-refractivity contribution in [2.75, 3.05) is 0 Å². The first-order valence-corrected chi connectivity index (χ1v) is 14.3. The highest BCUT2D eigenvalue weighted by Crippen LogP contribution is 2.48. The summed E-state index contributed by atoms with van der Waals surface area (Å²) >= 11 is 6.80. The Balaban J connectivity index is 1.65. The zero-order valence-corrected chi connectivity index (χ0v) is 24.4. The van der Waals surface area contributed by atoms with Crippen LogP contribution in [0, 0.1) is 22.7 Å². The summed E-state index contributed by atoms with van der Waals surface area (Å²) in [5.74, 6) is -1.01. The first-order chi connectivity index (χ1) is 17.1. The van der Waals surface area contributed by atoms with Crippen molar-refractivity contribution in [2.24, 2.45) is 22.7 Å². The number of aryl methyl sites for hydroxylation is 1. The molecule has 0 saturated heterocycles. The van der Waals surface area contributed by atoms with Crippen molar-refractivity contribution in [3.8, 4) is 0 Å². The Labute approximate surface area is 228 Å². The number of nitrogens with zero attached hydrogens (tertiary/aromatic N) is 1. The Hall–Kier alpha value is -2.01. The van der Waals surface area contributed by atoms with Crippen LogP contribution in [0.15, 0.2) is 30.0 Å². The van der Waals surface area contributed by atoms with E-state index in [1.54, 1.807) is 0 Å². The average Bonchev–Trinajstić information content (AvgIpc) is 3.01. The number of urea groups is 1. The van der Waals surface area contributed by atoms with Gasteiger partial charge in [-0.15, -0.1) is 0 Å². The number of fused-ring (bicyclic) bond motifs is 1. The van der Waals surface area contributed by atoms with Crippen LogP contribution in [-0.4, -0.2) is 33.6 Å². The van der Waals surface area contributed by atoms with E-state index in [9.17, 15) is 14.7 Å². The van der Waals surface area contributed by atoms with Gasteiger partial charge in [0.2, 0.25) is 0 Å². The van der Waals surface area contributed by atoms with E-state index in [-0.39, 0.29) is 34.7 Å². The molecule has 5 nitrogen and oxygen atoms in total. The number of nitrogens with one attached hydrogen (secondary N) is 1. The van der Waals surface area contributed by atoms with Crippen molar-refractivity contribution < 1.29 is 14.7 Å².